The molecule has 1 fully saturated rings. The summed E-state index contributed by atoms with van der Waals surface area (Å²) < 4.78 is 27.5. The molecule has 144 valence electrons. The van der Waals surface area contributed by atoms with Crippen molar-refractivity contribution >= 4 is 61.9 Å². The van der Waals surface area contributed by atoms with E-state index in [1.807, 2.05) is 0 Å². The van der Waals surface area contributed by atoms with Crippen LogP contribution >= 0.6 is 35.4 Å². The Hall–Kier alpha value is -1.54. The summed E-state index contributed by atoms with van der Waals surface area (Å²) in [5, 5.41) is 7.61. The quantitative estimate of drug-likeness (QED) is 0.565. The number of halogens is 2. The van der Waals surface area contributed by atoms with Crippen LogP contribution in [0.1, 0.15) is 25.7 Å². The van der Waals surface area contributed by atoms with E-state index in [1.54, 1.807) is 12.1 Å². The Morgan fingerprint density at radius 1 is 0.963 bits per heavy atom. The van der Waals surface area contributed by atoms with E-state index in [0.717, 1.165) is 18.5 Å². The second-order valence-electron chi connectivity index (χ2n) is 6.37. The van der Waals surface area contributed by atoms with Crippen molar-refractivity contribution < 1.29 is 8.42 Å². The molecule has 1 aliphatic rings. The van der Waals surface area contributed by atoms with Crippen LogP contribution in [0, 0.1) is 0 Å². The third kappa shape index (κ3) is 5.72. The van der Waals surface area contributed by atoms with Gasteiger partial charge in [0.1, 0.15) is 0 Å². The van der Waals surface area contributed by atoms with Gasteiger partial charge in [-0.1, -0.05) is 36.0 Å². The molecule has 1 aliphatic carbocycles. The van der Waals surface area contributed by atoms with Crippen LogP contribution in [-0.4, -0.2) is 19.6 Å². The minimum absolute atomic E-state index is 0.124. The summed E-state index contributed by atoms with van der Waals surface area (Å²) in [4.78, 5) is 0.124. The third-order valence-electron chi connectivity index (χ3n) is 4.23. The lowest BCUT2D eigenvalue weighted by atomic mass is 10.2. The van der Waals surface area contributed by atoms with Gasteiger partial charge < -0.3 is 10.6 Å². The van der Waals surface area contributed by atoms with E-state index in [4.69, 9.17) is 35.4 Å². The fraction of sp³-hybridized carbons (Fsp3) is 0.278. The molecule has 0 amide bonds. The first-order chi connectivity index (χ1) is 12.8. The van der Waals surface area contributed by atoms with Gasteiger partial charge in [0.2, 0.25) is 0 Å². The maximum Gasteiger partial charge on any atom is 0.261 e. The lowest BCUT2D eigenvalue weighted by Gasteiger charge is -2.16. The summed E-state index contributed by atoms with van der Waals surface area (Å²) in [6.45, 7) is 0. The van der Waals surface area contributed by atoms with Gasteiger partial charge in [0.25, 0.3) is 10.0 Å². The summed E-state index contributed by atoms with van der Waals surface area (Å²) in [6, 6.07) is 11.3. The standard InChI is InChI=1S/C18H19Cl2N3O2S2/c19-12-9-13(20)11-16(10-12)23-27(24,25)17-7-5-15(6-8-17)22-18(26)21-14-3-1-2-4-14/h5-11,14,23H,1-4H2,(H2,21,22,26). The average Bonchev–Trinajstić information content (AvgIpc) is 3.06. The predicted molar refractivity (Wildman–Crippen MR) is 115 cm³/mol. The Morgan fingerprint density at radius 2 is 1.56 bits per heavy atom. The Kier molecular flexibility index (Phi) is 6.47. The fourth-order valence-corrected chi connectivity index (χ4v) is 4.82. The Balaban J connectivity index is 1.65. The Morgan fingerprint density at radius 3 is 2.15 bits per heavy atom. The second kappa shape index (κ2) is 8.65. The van der Waals surface area contributed by atoms with Crippen molar-refractivity contribution in [3.8, 4) is 0 Å². The normalized spacial score (nSPS) is 14.7. The monoisotopic (exact) mass is 443 g/mol. The van der Waals surface area contributed by atoms with E-state index in [0.29, 0.717) is 26.9 Å². The van der Waals surface area contributed by atoms with Gasteiger partial charge >= 0.3 is 0 Å². The van der Waals surface area contributed by atoms with Crippen molar-refractivity contribution in [3.05, 3.63) is 52.5 Å². The van der Waals surface area contributed by atoms with Gasteiger partial charge in [-0.25, -0.2) is 8.42 Å². The van der Waals surface area contributed by atoms with Crippen molar-refractivity contribution in [3.63, 3.8) is 0 Å². The molecule has 3 N–H and O–H groups in total. The van der Waals surface area contributed by atoms with E-state index in [1.165, 1.54) is 43.2 Å². The molecule has 0 radical (unpaired) electrons. The van der Waals surface area contributed by atoms with Crippen molar-refractivity contribution in [2.75, 3.05) is 10.0 Å². The molecule has 0 bridgehead atoms. The van der Waals surface area contributed by atoms with E-state index >= 15 is 0 Å². The van der Waals surface area contributed by atoms with Gasteiger partial charge in [-0.15, -0.1) is 0 Å². The third-order valence-corrected chi connectivity index (χ3v) is 6.28. The van der Waals surface area contributed by atoms with Crippen LogP contribution in [-0.2, 0) is 10.0 Å². The molecule has 0 heterocycles. The first kappa shape index (κ1) is 20.2. The molecule has 9 heteroatoms. The highest BCUT2D eigenvalue weighted by Gasteiger charge is 2.17. The summed E-state index contributed by atoms with van der Waals surface area (Å²) in [7, 11) is -3.75. The number of hydrogen-bond donors (Lipinski definition) is 3. The van der Waals surface area contributed by atoms with Crippen LogP contribution in [0.5, 0.6) is 0 Å². The maximum atomic E-state index is 12.5. The van der Waals surface area contributed by atoms with Crippen LogP contribution in [0.2, 0.25) is 10.0 Å². The highest BCUT2D eigenvalue weighted by atomic mass is 35.5. The van der Waals surface area contributed by atoms with E-state index in [9.17, 15) is 8.42 Å². The number of benzene rings is 2. The predicted octanol–water partition coefficient (Wildman–Crippen LogP) is 5.02. The van der Waals surface area contributed by atoms with Gasteiger partial charge in [-0.05, 0) is 67.5 Å². The number of sulfonamides is 1. The highest BCUT2D eigenvalue weighted by molar-refractivity contribution is 7.92. The molecule has 27 heavy (non-hydrogen) atoms. The molecule has 0 spiro atoms. The number of rotatable bonds is 5. The molecule has 2 aromatic carbocycles. The first-order valence-electron chi connectivity index (χ1n) is 8.48. The molecule has 0 unspecified atom stereocenters. The molecular formula is C18H19Cl2N3O2S2. The van der Waals surface area contributed by atoms with Crippen LogP contribution in [0.3, 0.4) is 0 Å². The minimum atomic E-state index is -3.75. The molecule has 0 aliphatic heterocycles. The number of anilines is 2. The second-order valence-corrected chi connectivity index (χ2v) is 9.33. The number of nitrogens with one attached hydrogen (secondary N) is 3. The topological polar surface area (TPSA) is 70.2 Å². The van der Waals surface area contributed by atoms with Crippen LogP contribution < -0.4 is 15.4 Å². The summed E-state index contributed by atoms with van der Waals surface area (Å²) in [5.41, 5.74) is 1.02. The maximum absolute atomic E-state index is 12.5. The smallest absolute Gasteiger partial charge is 0.261 e. The molecule has 2 aromatic rings. The molecule has 0 aromatic heterocycles. The highest BCUT2D eigenvalue weighted by Crippen LogP contribution is 2.25. The SMILES string of the molecule is O=S(=O)(Nc1cc(Cl)cc(Cl)c1)c1ccc(NC(=S)NC2CCCC2)cc1. The zero-order valence-electron chi connectivity index (χ0n) is 14.3. The van der Waals surface area contributed by atoms with Crippen LogP contribution in [0.25, 0.3) is 0 Å². The van der Waals surface area contributed by atoms with Crippen molar-refractivity contribution in [1.29, 1.82) is 0 Å². The lowest BCUT2D eigenvalue weighted by Crippen LogP contribution is -2.35. The van der Waals surface area contributed by atoms with Gasteiger partial charge in [-0.3, -0.25) is 4.72 Å². The molecule has 0 saturated heterocycles. The first-order valence-corrected chi connectivity index (χ1v) is 11.1. The molecular weight excluding hydrogens is 425 g/mol. The van der Waals surface area contributed by atoms with Gasteiger partial charge in [0.05, 0.1) is 10.6 Å². The van der Waals surface area contributed by atoms with Crippen LogP contribution in [0.15, 0.2) is 47.4 Å². The van der Waals surface area contributed by atoms with Crippen molar-refractivity contribution in [1.82, 2.24) is 5.32 Å². The molecule has 3 rings (SSSR count). The zero-order valence-corrected chi connectivity index (χ0v) is 17.5. The molecule has 0 atom stereocenters. The molecule has 5 nitrogen and oxygen atoms in total. The van der Waals surface area contributed by atoms with Gasteiger partial charge in [0, 0.05) is 21.8 Å². The summed E-state index contributed by atoms with van der Waals surface area (Å²) >= 11 is 17.1. The Bertz CT molecular complexity index is 908. The summed E-state index contributed by atoms with van der Waals surface area (Å²) in [6.07, 6.45) is 4.69. The number of thiocarbonyl (C=S) groups is 1. The molecule has 1 saturated carbocycles. The summed E-state index contributed by atoms with van der Waals surface area (Å²) in [5.74, 6) is 0. The van der Waals surface area contributed by atoms with Crippen molar-refractivity contribution in [2.24, 2.45) is 0 Å². The number of hydrogen-bond acceptors (Lipinski definition) is 3. The minimum Gasteiger partial charge on any atom is -0.360 e. The van der Waals surface area contributed by atoms with E-state index in [2.05, 4.69) is 15.4 Å². The van der Waals surface area contributed by atoms with Gasteiger partial charge in [0.15, 0.2) is 5.11 Å². The van der Waals surface area contributed by atoms with Gasteiger partial charge in [-0.2, -0.15) is 0 Å². The Labute approximate surface area is 174 Å². The van der Waals surface area contributed by atoms with Crippen molar-refractivity contribution in [2.45, 2.75) is 36.6 Å². The van der Waals surface area contributed by atoms with Crippen LogP contribution in [0.4, 0.5) is 11.4 Å². The largest absolute Gasteiger partial charge is 0.360 e. The zero-order chi connectivity index (χ0) is 19.4. The van der Waals surface area contributed by atoms with E-state index < -0.39 is 10.0 Å². The average molecular weight is 444 g/mol. The lowest BCUT2D eigenvalue weighted by molar-refractivity contribution is 0.601. The van der Waals surface area contributed by atoms with E-state index in [-0.39, 0.29) is 4.90 Å². The fourth-order valence-electron chi connectivity index (χ4n) is 2.97.